The molecule has 110 valence electrons. The van der Waals surface area contributed by atoms with Gasteiger partial charge in [0, 0.05) is 17.3 Å². The summed E-state index contributed by atoms with van der Waals surface area (Å²) in [4.78, 5) is 1.86. The molecule has 1 aliphatic carbocycles. The molecule has 3 saturated heterocycles. The molecule has 5 heteroatoms. The molecule has 4 fully saturated rings. The topological polar surface area (TPSA) is 27.7 Å². The monoisotopic (exact) mass is 404 g/mol. The van der Waals surface area contributed by atoms with Crippen LogP contribution in [-0.2, 0) is 14.2 Å². The normalized spacial score (nSPS) is 55.5. The van der Waals surface area contributed by atoms with Crippen LogP contribution in [0.5, 0.6) is 0 Å². The van der Waals surface area contributed by atoms with Crippen molar-refractivity contribution in [1.82, 2.24) is 0 Å². The highest BCUT2D eigenvalue weighted by molar-refractivity contribution is 9.11. The van der Waals surface area contributed by atoms with E-state index in [2.05, 4.69) is 44.5 Å². The molecule has 4 aliphatic rings. The Morgan fingerprint density at radius 3 is 2.85 bits per heavy atom. The van der Waals surface area contributed by atoms with E-state index in [-0.39, 0.29) is 23.1 Å². The zero-order valence-corrected chi connectivity index (χ0v) is 14.5. The number of hydrogen-bond donors (Lipinski definition) is 0. The van der Waals surface area contributed by atoms with Gasteiger partial charge in [-0.1, -0.05) is 38.8 Å². The summed E-state index contributed by atoms with van der Waals surface area (Å²) in [5, 5.41) is 0. The van der Waals surface area contributed by atoms with Gasteiger partial charge in [-0.15, -0.1) is 5.73 Å². The third kappa shape index (κ3) is 1.87. The molecule has 3 nitrogen and oxygen atoms in total. The fourth-order valence-corrected chi connectivity index (χ4v) is 5.31. The molecule has 0 N–H and O–H groups in total. The first-order valence-corrected chi connectivity index (χ1v) is 9.19. The van der Waals surface area contributed by atoms with Gasteiger partial charge < -0.3 is 14.2 Å². The quantitative estimate of drug-likeness (QED) is 0.519. The molecule has 0 radical (unpaired) electrons. The van der Waals surface area contributed by atoms with Gasteiger partial charge in [0.25, 0.3) is 0 Å². The summed E-state index contributed by atoms with van der Waals surface area (Å²) in [6, 6.07) is 0. The number of rotatable bonds is 2. The van der Waals surface area contributed by atoms with E-state index in [1.165, 1.54) is 6.42 Å². The average molecular weight is 406 g/mol. The maximum Gasteiger partial charge on any atom is 0.187 e. The van der Waals surface area contributed by atoms with Crippen molar-refractivity contribution in [3.8, 4) is 0 Å². The second-order valence-electron chi connectivity index (χ2n) is 6.17. The number of ether oxygens (including phenoxy) is 3. The van der Waals surface area contributed by atoms with E-state index in [1.54, 1.807) is 4.99 Å². The van der Waals surface area contributed by atoms with Crippen LogP contribution in [-0.4, -0.2) is 35.0 Å². The third-order valence-corrected chi connectivity index (χ3v) is 6.51. The van der Waals surface area contributed by atoms with Gasteiger partial charge in [0.2, 0.25) is 0 Å². The van der Waals surface area contributed by atoms with E-state index < -0.39 is 5.79 Å². The fourth-order valence-electron chi connectivity index (χ4n) is 4.13. The molecule has 8 atom stereocenters. The molecule has 0 aromatic heterocycles. The van der Waals surface area contributed by atoms with Crippen LogP contribution in [0.15, 0.2) is 16.8 Å². The molecule has 3 heterocycles. The Morgan fingerprint density at radius 1 is 1.35 bits per heavy atom. The van der Waals surface area contributed by atoms with Crippen molar-refractivity contribution in [2.75, 3.05) is 0 Å². The minimum Gasteiger partial charge on any atom is -0.366 e. The van der Waals surface area contributed by atoms with Crippen LogP contribution in [0.3, 0.4) is 0 Å². The molecule has 0 amide bonds. The SMILES string of the molecule is CC[C@@H]1O[C@@]2(O[C@@H]3C[C@@H](C=C=CBr)O[C@@H]3[C@H]2Br)[C@@H]2C[C@H]12. The van der Waals surface area contributed by atoms with Crippen molar-refractivity contribution in [2.24, 2.45) is 11.8 Å². The molecule has 0 bridgehead atoms. The summed E-state index contributed by atoms with van der Waals surface area (Å²) in [6.07, 6.45) is 5.84. The van der Waals surface area contributed by atoms with E-state index in [1.807, 2.05) is 6.08 Å². The molecular formula is C15H18Br2O3. The van der Waals surface area contributed by atoms with E-state index in [4.69, 9.17) is 14.2 Å². The summed E-state index contributed by atoms with van der Waals surface area (Å²) >= 11 is 7.05. The molecule has 0 unspecified atom stereocenters. The highest BCUT2D eigenvalue weighted by Gasteiger charge is 2.73. The van der Waals surface area contributed by atoms with Crippen LogP contribution >= 0.6 is 31.9 Å². The first-order chi connectivity index (χ1) is 9.69. The van der Waals surface area contributed by atoms with Gasteiger partial charge >= 0.3 is 0 Å². The van der Waals surface area contributed by atoms with Gasteiger partial charge in [-0.25, -0.2) is 0 Å². The zero-order valence-electron chi connectivity index (χ0n) is 11.3. The van der Waals surface area contributed by atoms with Crippen molar-refractivity contribution in [3.63, 3.8) is 0 Å². The minimum atomic E-state index is -0.430. The van der Waals surface area contributed by atoms with Crippen molar-refractivity contribution >= 4 is 31.9 Å². The standard InChI is InChI=1S/C15H18Br2O3/c1-2-11-9-7-10(9)15(19-11)14(17)13-12(20-15)6-8(18-13)4-3-5-16/h4-5,8-14H,2,6-7H2,1H3/t3?,8-,9+,10-,11+,12-,13+,14-,15-/m1/s1. The van der Waals surface area contributed by atoms with Crippen molar-refractivity contribution < 1.29 is 14.2 Å². The van der Waals surface area contributed by atoms with Crippen molar-refractivity contribution in [1.29, 1.82) is 0 Å². The van der Waals surface area contributed by atoms with Crippen molar-refractivity contribution in [3.05, 3.63) is 16.8 Å². The molecule has 1 saturated carbocycles. The Morgan fingerprint density at radius 2 is 2.20 bits per heavy atom. The number of fused-ring (bicyclic) bond motifs is 3. The number of halogens is 2. The first-order valence-electron chi connectivity index (χ1n) is 7.36. The Hall–Kier alpha value is 0.360. The summed E-state index contributed by atoms with van der Waals surface area (Å²) in [6.45, 7) is 2.20. The van der Waals surface area contributed by atoms with E-state index in [9.17, 15) is 0 Å². The molecule has 4 rings (SSSR count). The molecule has 0 aromatic rings. The average Bonchev–Trinajstić information content (AvgIpc) is 2.98. The highest BCUT2D eigenvalue weighted by atomic mass is 79.9. The minimum absolute atomic E-state index is 0.0882. The molecule has 1 spiro atoms. The van der Waals surface area contributed by atoms with Gasteiger partial charge in [0.15, 0.2) is 5.79 Å². The van der Waals surface area contributed by atoms with Gasteiger partial charge in [0.1, 0.15) is 6.10 Å². The second-order valence-corrected chi connectivity index (χ2v) is 7.61. The van der Waals surface area contributed by atoms with Crippen LogP contribution in [0, 0.1) is 11.8 Å². The Labute approximate surface area is 136 Å². The Bertz CT molecular complexity index is 476. The fraction of sp³-hybridized carbons (Fsp3) is 0.800. The summed E-state index contributed by atoms with van der Waals surface area (Å²) in [7, 11) is 0. The highest BCUT2D eigenvalue weighted by Crippen LogP contribution is 2.65. The number of hydrogen-bond acceptors (Lipinski definition) is 3. The van der Waals surface area contributed by atoms with Crippen LogP contribution in [0.2, 0.25) is 0 Å². The summed E-state index contributed by atoms with van der Waals surface area (Å²) < 4.78 is 18.8. The second kappa shape index (κ2) is 4.94. The van der Waals surface area contributed by atoms with Crippen LogP contribution in [0.4, 0.5) is 0 Å². The van der Waals surface area contributed by atoms with E-state index in [0.717, 1.165) is 12.8 Å². The maximum absolute atomic E-state index is 6.38. The maximum atomic E-state index is 6.38. The van der Waals surface area contributed by atoms with E-state index in [0.29, 0.717) is 17.9 Å². The van der Waals surface area contributed by atoms with Gasteiger partial charge in [-0.05, 0) is 24.8 Å². The lowest BCUT2D eigenvalue weighted by Crippen LogP contribution is -2.43. The van der Waals surface area contributed by atoms with Gasteiger partial charge in [-0.3, -0.25) is 0 Å². The Balaban J connectivity index is 1.52. The number of alkyl halides is 1. The lowest BCUT2D eigenvalue weighted by Gasteiger charge is -2.32. The molecule has 3 aliphatic heterocycles. The molecular weight excluding hydrogens is 388 g/mol. The smallest absolute Gasteiger partial charge is 0.187 e. The van der Waals surface area contributed by atoms with Crippen molar-refractivity contribution in [2.45, 2.75) is 61.2 Å². The molecule has 0 aromatic carbocycles. The summed E-state index contributed by atoms with van der Waals surface area (Å²) in [5.74, 6) is 0.828. The van der Waals surface area contributed by atoms with Gasteiger partial charge in [0.05, 0.1) is 23.1 Å². The summed E-state index contributed by atoms with van der Waals surface area (Å²) in [5.41, 5.74) is 3.03. The van der Waals surface area contributed by atoms with Gasteiger partial charge in [-0.2, -0.15) is 0 Å². The lowest BCUT2D eigenvalue weighted by molar-refractivity contribution is -0.232. The third-order valence-electron chi connectivity index (χ3n) is 5.09. The lowest BCUT2D eigenvalue weighted by atomic mass is 10.0. The van der Waals surface area contributed by atoms with Crippen LogP contribution in [0.1, 0.15) is 26.2 Å². The predicted octanol–water partition coefficient (Wildman–Crippen LogP) is 3.51. The first kappa shape index (κ1) is 14.0. The molecule has 20 heavy (non-hydrogen) atoms. The van der Waals surface area contributed by atoms with Crippen LogP contribution in [0.25, 0.3) is 0 Å². The van der Waals surface area contributed by atoms with E-state index >= 15 is 0 Å². The Kier molecular flexibility index (Phi) is 3.45. The van der Waals surface area contributed by atoms with Crippen LogP contribution < -0.4 is 0 Å². The largest absolute Gasteiger partial charge is 0.366 e. The predicted molar refractivity (Wildman–Crippen MR) is 81.9 cm³/mol. The zero-order chi connectivity index (χ0) is 13.9.